The van der Waals surface area contributed by atoms with E-state index in [0.717, 1.165) is 6.42 Å². The minimum absolute atomic E-state index is 0.0575. The first-order chi connectivity index (χ1) is 6.59. The summed E-state index contributed by atoms with van der Waals surface area (Å²) in [5.74, 6) is 0.0575. The number of nitrogens with zero attached hydrogens (tertiary/aromatic N) is 1. The molecule has 1 rings (SSSR count). The molecule has 0 bridgehead atoms. The number of carbonyl (C=O) groups is 1. The third-order valence-corrected chi connectivity index (χ3v) is 2.22. The van der Waals surface area contributed by atoms with Gasteiger partial charge in [0.1, 0.15) is 0 Å². The average Bonchev–Trinajstić information content (AvgIpc) is 2.39. The maximum atomic E-state index is 11.2. The number of carbonyl (C=O) groups excluding carboxylic acids is 1. The van der Waals surface area contributed by atoms with Crippen LogP contribution in [-0.2, 0) is 9.53 Å². The van der Waals surface area contributed by atoms with Gasteiger partial charge >= 0.3 is 0 Å². The van der Waals surface area contributed by atoms with Gasteiger partial charge in [0.15, 0.2) is 0 Å². The minimum Gasteiger partial charge on any atom is -0.391 e. The van der Waals surface area contributed by atoms with E-state index >= 15 is 0 Å². The molecule has 1 atom stereocenters. The van der Waals surface area contributed by atoms with E-state index in [1.54, 1.807) is 4.90 Å². The van der Waals surface area contributed by atoms with Gasteiger partial charge in [-0.15, -0.1) is 0 Å². The smallest absolute Gasteiger partial charge is 0.225 e. The number of ether oxygens (including phenoxy) is 1. The highest BCUT2D eigenvalue weighted by molar-refractivity contribution is 5.78. The van der Waals surface area contributed by atoms with E-state index < -0.39 is 6.10 Å². The van der Waals surface area contributed by atoms with E-state index in [-0.39, 0.29) is 18.4 Å². The second kappa shape index (κ2) is 5.32. The monoisotopic (exact) mass is 201 g/mol. The van der Waals surface area contributed by atoms with E-state index in [4.69, 9.17) is 4.74 Å². The molecule has 0 aliphatic carbocycles. The molecule has 1 aliphatic heterocycles. The van der Waals surface area contributed by atoms with Crippen LogP contribution in [0.25, 0.3) is 0 Å². The fourth-order valence-corrected chi connectivity index (χ4v) is 1.54. The summed E-state index contributed by atoms with van der Waals surface area (Å²) in [4.78, 5) is 12.9. The molecule has 1 heterocycles. The van der Waals surface area contributed by atoms with Crippen LogP contribution in [0.1, 0.15) is 26.7 Å². The molecular weight excluding hydrogens is 182 g/mol. The molecule has 1 aliphatic rings. The number of amides is 1. The Morgan fingerprint density at radius 2 is 2.36 bits per heavy atom. The van der Waals surface area contributed by atoms with Gasteiger partial charge in [-0.05, 0) is 20.3 Å². The Morgan fingerprint density at radius 1 is 1.64 bits per heavy atom. The second-order valence-corrected chi connectivity index (χ2v) is 3.97. The highest BCUT2D eigenvalue weighted by Gasteiger charge is 2.26. The minimum atomic E-state index is -0.464. The maximum absolute atomic E-state index is 11.2. The third kappa shape index (κ3) is 3.64. The lowest BCUT2D eigenvalue weighted by molar-refractivity contribution is -0.127. The topological polar surface area (TPSA) is 49.8 Å². The molecule has 1 unspecified atom stereocenters. The number of β-amino-alcohol motifs (C(OH)–C–C–N with tert-alkyl or cyclic N) is 1. The van der Waals surface area contributed by atoms with Crippen LogP contribution in [0, 0.1) is 0 Å². The number of hydrogen-bond donors (Lipinski definition) is 1. The normalized spacial score (nSPS) is 22.4. The van der Waals surface area contributed by atoms with Crippen molar-refractivity contribution < 1.29 is 14.6 Å². The second-order valence-electron chi connectivity index (χ2n) is 3.97. The lowest BCUT2D eigenvalue weighted by Crippen LogP contribution is -2.27. The highest BCUT2D eigenvalue weighted by atomic mass is 16.5. The predicted molar refractivity (Wildman–Crippen MR) is 52.9 cm³/mol. The number of rotatable bonds is 5. The van der Waals surface area contributed by atoms with Crippen molar-refractivity contribution in [2.75, 3.05) is 19.7 Å². The van der Waals surface area contributed by atoms with Crippen LogP contribution in [0.15, 0.2) is 0 Å². The first-order valence-electron chi connectivity index (χ1n) is 5.17. The number of aliphatic hydroxyl groups excluding tert-OH is 1. The highest BCUT2D eigenvalue weighted by Crippen LogP contribution is 2.10. The molecule has 1 N–H and O–H groups in total. The number of likely N-dealkylation sites (tertiary alicyclic amines) is 1. The van der Waals surface area contributed by atoms with Crippen molar-refractivity contribution in [3.63, 3.8) is 0 Å². The van der Waals surface area contributed by atoms with Crippen LogP contribution in [-0.4, -0.2) is 47.8 Å². The van der Waals surface area contributed by atoms with E-state index in [2.05, 4.69) is 0 Å². The van der Waals surface area contributed by atoms with Crippen molar-refractivity contribution in [3.8, 4) is 0 Å². The van der Waals surface area contributed by atoms with Crippen LogP contribution in [0.2, 0.25) is 0 Å². The summed E-state index contributed by atoms with van der Waals surface area (Å²) in [5, 5.41) is 9.22. The maximum Gasteiger partial charge on any atom is 0.225 e. The molecule has 82 valence electrons. The summed E-state index contributed by atoms with van der Waals surface area (Å²) in [6.45, 7) is 5.84. The largest absolute Gasteiger partial charge is 0.391 e. The van der Waals surface area contributed by atoms with E-state index in [1.165, 1.54) is 0 Å². The van der Waals surface area contributed by atoms with Crippen LogP contribution >= 0.6 is 0 Å². The zero-order chi connectivity index (χ0) is 10.6. The van der Waals surface area contributed by atoms with Crippen molar-refractivity contribution in [1.82, 2.24) is 4.90 Å². The number of hydrogen-bond acceptors (Lipinski definition) is 3. The predicted octanol–water partition coefficient (Wildman–Crippen LogP) is 0.395. The molecule has 0 radical (unpaired) electrons. The average molecular weight is 201 g/mol. The molecule has 0 aromatic carbocycles. The van der Waals surface area contributed by atoms with Gasteiger partial charge in [-0.1, -0.05) is 0 Å². The SMILES string of the molecule is CC(C)OCCCN1CC(O)CC1=O. The molecule has 4 nitrogen and oxygen atoms in total. The van der Waals surface area contributed by atoms with E-state index in [9.17, 15) is 9.90 Å². The molecule has 4 heteroatoms. The fourth-order valence-electron chi connectivity index (χ4n) is 1.54. The Labute approximate surface area is 84.8 Å². The van der Waals surface area contributed by atoms with Gasteiger partial charge in [-0.3, -0.25) is 4.79 Å². The first kappa shape index (κ1) is 11.5. The van der Waals surface area contributed by atoms with Gasteiger partial charge in [0.2, 0.25) is 5.91 Å². The fraction of sp³-hybridized carbons (Fsp3) is 0.900. The zero-order valence-electron chi connectivity index (χ0n) is 8.90. The summed E-state index contributed by atoms with van der Waals surface area (Å²) in [6.07, 6.45) is 0.908. The van der Waals surface area contributed by atoms with Crippen molar-refractivity contribution >= 4 is 5.91 Å². The van der Waals surface area contributed by atoms with Gasteiger partial charge in [-0.2, -0.15) is 0 Å². The lowest BCUT2D eigenvalue weighted by atomic mass is 10.3. The van der Waals surface area contributed by atoms with Gasteiger partial charge < -0.3 is 14.7 Å². The first-order valence-corrected chi connectivity index (χ1v) is 5.17. The summed E-state index contributed by atoms with van der Waals surface area (Å²) in [5.41, 5.74) is 0. The third-order valence-electron chi connectivity index (χ3n) is 2.22. The summed E-state index contributed by atoms with van der Waals surface area (Å²) in [7, 11) is 0. The standard InChI is InChI=1S/C10H19NO3/c1-8(2)14-5-3-4-11-7-9(12)6-10(11)13/h8-9,12H,3-7H2,1-2H3. The van der Waals surface area contributed by atoms with Gasteiger partial charge in [0, 0.05) is 19.7 Å². The Kier molecular flexibility index (Phi) is 4.35. The van der Waals surface area contributed by atoms with E-state index in [0.29, 0.717) is 19.7 Å². The van der Waals surface area contributed by atoms with Crippen LogP contribution in [0.4, 0.5) is 0 Å². The molecule has 1 saturated heterocycles. The molecular formula is C10H19NO3. The van der Waals surface area contributed by atoms with Gasteiger partial charge in [0.25, 0.3) is 0 Å². The van der Waals surface area contributed by atoms with Crippen LogP contribution in [0.5, 0.6) is 0 Å². The molecule has 1 fully saturated rings. The van der Waals surface area contributed by atoms with Gasteiger partial charge in [0.05, 0.1) is 18.6 Å². The molecule has 1 amide bonds. The van der Waals surface area contributed by atoms with Crippen molar-refractivity contribution in [1.29, 1.82) is 0 Å². The van der Waals surface area contributed by atoms with Gasteiger partial charge in [-0.25, -0.2) is 0 Å². The van der Waals surface area contributed by atoms with E-state index in [1.807, 2.05) is 13.8 Å². The Morgan fingerprint density at radius 3 is 2.86 bits per heavy atom. The molecule has 14 heavy (non-hydrogen) atoms. The van der Waals surface area contributed by atoms with Crippen molar-refractivity contribution in [2.24, 2.45) is 0 Å². The van der Waals surface area contributed by atoms with Crippen LogP contribution in [0.3, 0.4) is 0 Å². The molecule has 0 saturated carbocycles. The zero-order valence-corrected chi connectivity index (χ0v) is 8.90. The molecule has 0 spiro atoms. The van der Waals surface area contributed by atoms with Crippen molar-refractivity contribution in [3.05, 3.63) is 0 Å². The number of aliphatic hydroxyl groups is 1. The molecule has 0 aromatic rings. The Balaban J connectivity index is 2.10. The summed E-state index contributed by atoms with van der Waals surface area (Å²) >= 11 is 0. The molecule has 0 aromatic heterocycles. The Bertz CT molecular complexity index is 194. The summed E-state index contributed by atoms with van der Waals surface area (Å²) in [6, 6.07) is 0. The quantitative estimate of drug-likeness (QED) is 0.655. The lowest BCUT2D eigenvalue weighted by Gasteiger charge is -2.15. The Hall–Kier alpha value is -0.610. The summed E-state index contributed by atoms with van der Waals surface area (Å²) < 4.78 is 5.36. The van der Waals surface area contributed by atoms with Crippen LogP contribution < -0.4 is 0 Å². The van der Waals surface area contributed by atoms with Crippen molar-refractivity contribution in [2.45, 2.75) is 38.9 Å².